The highest BCUT2D eigenvalue weighted by atomic mass is 16.5. The van der Waals surface area contributed by atoms with Gasteiger partial charge in [-0.1, -0.05) is 19.3 Å². The summed E-state index contributed by atoms with van der Waals surface area (Å²) < 4.78 is 4.95. The summed E-state index contributed by atoms with van der Waals surface area (Å²) in [4.78, 5) is 10.3. The highest BCUT2D eigenvalue weighted by molar-refractivity contribution is 5.36. The second-order valence-electron chi connectivity index (χ2n) is 5.66. The zero-order valence-electron chi connectivity index (χ0n) is 10.7. The summed E-state index contributed by atoms with van der Waals surface area (Å²) in [5, 5.41) is 3.46. The molecule has 0 atom stereocenters. The maximum atomic E-state index is 10.3. The second-order valence-corrected chi connectivity index (χ2v) is 5.66. The predicted octanol–water partition coefficient (Wildman–Crippen LogP) is 2.50. The Labute approximate surface area is 104 Å². The van der Waals surface area contributed by atoms with Crippen LogP contribution in [0.3, 0.4) is 0 Å². The van der Waals surface area contributed by atoms with E-state index >= 15 is 0 Å². The SMILES string of the molecule is O=COCCC1(C2CCCCC2)CCNCC1. The molecule has 2 aliphatic rings. The van der Waals surface area contributed by atoms with Gasteiger partial charge in [-0.3, -0.25) is 4.79 Å². The minimum absolute atomic E-state index is 0.453. The van der Waals surface area contributed by atoms with E-state index in [2.05, 4.69) is 5.32 Å². The van der Waals surface area contributed by atoms with Crippen LogP contribution in [0.15, 0.2) is 0 Å². The fourth-order valence-corrected chi connectivity index (χ4v) is 3.81. The van der Waals surface area contributed by atoms with Crippen LogP contribution in [0.4, 0.5) is 0 Å². The lowest BCUT2D eigenvalue weighted by Gasteiger charge is -2.45. The summed E-state index contributed by atoms with van der Waals surface area (Å²) >= 11 is 0. The summed E-state index contributed by atoms with van der Waals surface area (Å²) in [6, 6.07) is 0. The molecule has 2 fully saturated rings. The minimum Gasteiger partial charge on any atom is -0.468 e. The standard InChI is InChI=1S/C14H25NO2/c16-12-17-11-8-14(6-9-15-10-7-14)13-4-2-1-3-5-13/h12-13,15H,1-11H2. The molecule has 1 heterocycles. The molecule has 0 aromatic rings. The van der Waals surface area contributed by atoms with E-state index in [1.165, 1.54) is 44.9 Å². The largest absolute Gasteiger partial charge is 0.468 e. The van der Waals surface area contributed by atoms with Gasteiger partial charge in [0.2, 0.25) is 0 Å². The van der Waals surface area contributed by atoms with Gasteiger partial charge in [-0.15, -0.1) is 0 Å². The van der Waals surface area contributed by atoms with Gasteiger partial charge in [0.25, 0.3) is 6.47 Å². The number of hydrogen-bond acceptors (Lipinski definition) is 3. The first-order valence-corrected chi connectivity index (χ1v) is 7.13. The molecule has 17 heavy (non-hydrogen) atoms. The number of carbonyl (C=O) groups excluding carboxylic acids is 1. The highest BCUT2D eigenvalue weighted by Crippen LogP contribution is 2.46. The van der Waals surface area contributed by atoms with Crippen molar-refractivity contribution in [3.8, 4) is 0 Å². The maximum absolute atomic E-state index is 10.3. The van der Waals surface area contributed by atoms with E-state index in [9.17, 15) is 4.79 Å². The van der Waals surface area contributed by atoms with Gasteiger partial charge in [0.15, 0.2) is 0 Å². The molecule has 0 spiro atoms. The summed E-state index contributed by atoms with van der Waals surface area (Å²) in [5.41, 5.74) is 0.453. The minimum atomic E-state index is 0.453. The molecule has 0 bridgehead atoms. The molecular formula is C14H25NO2. The zero-order valence-corrected chi connectivity index (χ0v) is 10.7. The quantitative estimate of drug-likeness (QED) is 0.592. The number of rotatable bonds is 5. The van der Waals surface area contributed by atoms with Gasteiger partial charge >= 0.3 is 0 Å². The van der Waals surface area contributed by atoms with Crippen molar-refractivity contribution in [1.82, 2.24) is 5.32 Å². The van der Waals surface area contributed by atoms with Crippen LogP contribution in [0.2, 0.25) is 0 Å². The van der Waals surface area contributed by atoms with Crippen LogP contribution in [-0.4, -0.2) is 26.2 Å². The van der Waals surface area contributed by atoms with Crippen LogP contribution in [0.1, 0.15) is 51.4 Å². The molecule has 98 valence electrons. The lowest BCUT2D eigenvalue weighted by Crippen LogP contribution is -2.43. The lowest BCUT2D eigenvalue weighted by molar-refractivity contribution is -0.130. The summed E-state index contributed by atoms with van der Waals surface area (Å²) in [6.45, 7) is 3.48. The average molecular weight is 239 g/mol. The van der Waals surface area contributed by atoms with E-state index in [1.807, 2.05) is 0 Å². The van der Waals surface area contributed by atoms with Crippen molar-refractivity contribution >= 4 is 6.47 Å². The zero-order chi connectivity index (χ0) is 12.0. The fourth-order valence-electron chi connectivity index (χ4n) is 3.81. The Bertz CT molecular complexity index is 230. The third kappa shape index (κ3) is 3.21. The molecule has 3 nitrogen and oxygen atoms in total. The molecule has 0 amide bonds. The van der Waals surface area contributed by atoms with Gasteiger partial charge in [-0.2, -0.15) is 0 Å². The lowest BCUT2D eigenvalue weighted by atomic mass is 9.62. The molecule has 0 aromatic carbocycles. The first kappa shape index (κ1) is 12.9. The molecule has 1 N–H and O–H groups in total. The fraction of sp³-hybridized carbons (Fsp3) is 0.929. The van der Waals surface area contributed by atoms with Crippen molar-refractivity contribution < 1.29 is 9.53 Å². The van der Waals surface area contributed by atoms with Gasteiger partial charge in [-0.25, -0.2) is 0 Å². The van der Waals surface area contributed by atoms with E-state index in [-0.39, 0.29) is 0 Å². The van der Waals surface area contributed by atoms with Crippen molar-refractivity contribution in [3.63, 3.8) is 0 Å². The normalized spacial score (nSPS) is 25.4. The van der Waals surface area contributed by atoms with Gasteiger partial charge < -0.3 is 10.1 Å². The molecule has 1 saturated heterocycles. The van der Waals surface area contributed by atoms with Crippen molar-refractivity contribution in [1.29, 1.82) is 0 Å². The van der Waals surface area contributed by atoms with Crippen LogP contribution in [0.5, 0.6) is 0 Å². The number of piperidine rings is 1. The first-order chi connectivity index (χ1) is 8.37. The van der Waals surface area contributed by atoms with Crippen LogP contribution < -0.4 is 5.32 Å². The monoisotopic (exact) mass is 239 g/mol. The predicted molar refractivity (Wildman–Crippen MR) is 67.7 cm³/mol. The molecule has 0 aromatic heterocycles. The summed E-state index contributed by atoms with van der Waals surface area (Å²) in [5.74, 6) is 0.869. The molecule has 3 heteroatoms. The van der Waals surface area contributed by atoms with E-state index in [0.29, 0.717) is 18.5 Å². The van der Waals surface area contributed by atoms with Crippen molar-refractivity contribution in [2.45, 2.75) is 51.4 Å². The number of hydrogen-bond donors (Lipinski definition) is 1. The van der Waals surface area contributed by atoms with Crippen molar-refractivity contribution in [3.05, 3.63) is 0 Å². The van der Waals surface area contributed by atoms with Crippen molar-refractivity contribution in [2.24, 2.45) is 11.3 Å². The highest BCUT2D eigenvalue weighted by Gasteiger charge is 2.39. The Balaban J connectivity index is 1.96. The molecule has 0 radical (unpaired) electrons. The maximum Gasteiger partial charge on any atom is 0.293 e. The van der Waals surface area contributed by atoms with E-state index < -0.39 is 0 Å². The molecule has 2 rings (SSSR count). The molecule has 0 unspecified atom stereocenters. The average Bonchev–Trinajstić information content (AvgIpc) is 2.41. The molecule has 1 aliphatic carbocycles. The summed E-state index contributed by atoms with van der Waals surface area (Å²) in [7, 11) is 0. The van der Waals surface area contributed by atoms with Crippen LogP contribution in [0.25, 0.3) is 0 Å². The molecule has 1 aliphatic heterocycles. The van der Waals surface area contributed by atoms with Crippen molar-refractivity contribution in [2.75, 3.05) is 19.7 Å². The number of nitrogens with one attached hydrogen (secondary N) is 1. The molecule has 1 saturated carbocycles. The van der Waals surface area contributed by atoms with E-state index in [4.69, 9.17) is 4.74 Å². The molecular weight excluding hydrogens is 214 g/mol. The van der Waals surface area contributed by atoms with Crippen LogP contribution in [0, 0.1) is 11.3 Å². The Morgan fingerprint density at radius 3 is 2.53 bits per heavy atom. The van der Waals surface area contributed by atoms with Gasteiger partial charge in [-0.05, 0) is 56.5 Å². The van der Waals surface area contributed by atoms with Gasteiger partial charge in [0.05, 0.1) is 6.61 Å². The Hall–Kier alpha value is -0.570. The third-order valence-electron chi connectivity index (χ3n) is 4.86. The van der Waals surface area contributed by atoms with E-state index in [1.54, 1.807) is 0 Å². The van der Waals surface area contributed by atoms with Crippen LogP contribution >= 0.6 is 0 Å². The number of carbonyl (C=O) groups is 1. The smallest absolute Gasteiger partial charge is 0.293 e. The van der Waals surface area contributed by atoms with Crippen LogP contribution in [-0.2, 0) is 9.53 Å². The third-order valence-corrected chi connectivity index (χ3v) is 4.86. The van der Waals surface area contributed by atoms with E-state index in [0.717, 1.165) is 25.4 Å². The summed E-state index contributed by atoms with van der Waals surface area (Å²) in [6.07, 6.45) is 10.6. The first-order valence-electron chi connectivity index (χ1n) is 7.13. The van der Waals surface area contributed by atoms with Gasteiger partial charge in [0, 0.05) is 0 Å². The van der Waals surface area contributed by atoms with Gasteiger partial charge in [0.1, 0.15) is 0 Å². The number of ether oxygens (including phenoxy) is 1. The Morgan fingerprint density at radius 1 is 1.18 bits per heavy atom. The topological polar surface area (TPSA) is 38.3 Å². The Morgan fingerprint density at radius 2 is 1.88 bits per heavy atom. The Kier molecular flexibility index (Phi) is 4.84. The second kappa shape index (κ2) is 6.39.